The van der Waals surface area contributed by atoms with E-state index in [1.165, 1.54) is 6.07 Å². The van der Waals surface area contributed by atoms with Crippen molar-refractivity contribution in [2.75, 3.05) is 18.2 Å². The Bertz CT molecular complexity index is 1570. The lowest BCUT2D eigenvalue weighted by atomic mass is 9.93. The average molecular weight is 521 g/mol. The van der Waals surface area contributed by atoms with Crippen LogP contribution in [0.3, 0.4) is 0 Å². The molecule has 196 valence electrons. The number of carbonyl (C=O) groups excluding carboxylic acids is 2. The molecule has 0 saturated heterocycles. The fourth-order valence-corrected chi connectivity index (χ4v) is 5.25. The zero-order valence-corrected chi connectivity index (χ0v) is 21.3. The van der Waals surface area contributed by atoms with Crippen molar-refractivity contribution in [3.8, 4) is 5.75 Å². The van der Waals surface area contributed by atoms with Crippen LogP contribution in [0.1, 0.15) is 45.2 Å². The number of fused-ring (bicyclic) bond motifs is 5. The molecule has 0 spiro atoms. The number of rotatable bonds is 4. The van der Waals surface area contributed by atoms with Gasteiger partial charge in [0.15, 0.2) is 11.4 Å². The first-order chi connectivity index (χ1) is 19.1. The molecule has 1 unspecified atom stereocenters. The highest BCUT2D eigenvalue weighted by atomic mass is 16.5. The largest absolute Gasteiger partial charge is 0.482 e. The van der Waals surface area contributed by atoms with Gasteiger partial charge in [-0.1, -0.05) is 84.9 Å². The molecule has 1 atom stereocenters. The number of hydrogen-bond donors (Lipinski definition) is 1. The molecule has 2 bridgehead atoms. The van der Waals surface area contributed by atoms with E-state index in [9.17, 15) is 14.4 Å². The Balaban J connectivity index is 1.54. The highest BCUT2D eigenvalue weighted by Gasteiger charge is 2.38. The zero-order chi connectivity index (χ0) is 26.8. The number of carbonyl (C=O) groups is 2. The van der Waals surface area contributed by atoms with Crippen LogP contribution in [-0.4, -0.2) is 34.6 Å². The third-order valence-electron chi connectivity index (χ3n) is 7.19. The van der Waals surface area contributed by atoms with E-state index < -0.39 is 0 Å². The first-order valence-corrected chi connectivity index (χ1v) is 13.0. The predicted octanol–water partition coefficient (Wildman–Crippen LogP) is 3.59. The van der Waals surface area contributed by atoms with Gasteiger partial charge in [-0.3, -0.25) is 24.1 Å². The van der Waals surface area contributed by atoms with Gasteiger partial charge in [0.2, 0.25) is 11.3 Å². The Labute approximate surface area is 226 Å². The van der Waals surface area contributed by atoms with E-state index in [1.807, 2.05) is 72.8 Å². The summed E-state index contributed by atoms with van der Waals surface area (Å²) in [5.41, 5.74) is 3.66. The lowest BCUT2D eigenvalue weighted by Gasteiger charge is -2.44. The molecule has 8 heteroatoms. The van der Waals surface area contributed by atoms with Gasteiger partial charge >= 0.3 is 0 Å². The molecule has 3 heterocycles. The molecule has 2 aliphatic rings. The SMILES string of the molecule is O=C1CCN2CN(C(c3ccccc3)c3ccccc3CN1)n1ccc(=O)c(OCc3ccccc3)c1C2=O. The van der Waals surface area contributed by atoms with Gasteiger partial charge in [0.25, 0.3) is 5.91 Å². The summed E-state index contributed by atoms with van der Waals surface area (Å²) in [6, 6.07) is 28.7. The van der Waals surface area contributed by atoms with E-state index in [2.05, 4.69) is 22.5 Å². The van der Waals surface area contributed by atoms with Gasteiger partial charge in [0.05, 0.1) is 6.04 Å². The molecule has 1 aromatic heterocycles. The summed E-state index contributed by atoms with van der Waals surface area (Å²) in [4.78, 5) is 41.3. The minimum atomic E-state index is -0.369. The fourth-order valence-electron chi connectivity index (χ4n) is 5.25. The van der Waals surface area contributed by atoms with Crippen LogP contribution in [0.15, 0.2) is 102 Å². The maximum Gasteiger partial charge on any atom is 0.277 e. The van der Waals surface area contributed by atoms with E-state index in [1.54, 1.807) is 15.8 Å². The predicted molar refractivity (Wildman–Crippen MR) is 147 cm³/mol. The van der Waals surface area contributed by atoms with Gasteiger partial charge in [0.1, 0.15) is 13.3 Å². The maximum absolute atomic E-state index is 13.9. The van der Waals surface area contributed by atoms with Crippen LogP contribution in [-0.2, 0) is 17.9 Å². The monoisotopic (exact) mass is 520 g/mol. The van der Waals surface area contributed by atoms with Crippen LogP contribution < -0.4 is 20.5 Å². The van der Waals surface area contributed by atoms with Crippen molar-refractivity contribution in [3.63, 3.8) is 0 Å². The Kier molecular flexibility index (Phi) is 6.59. The standard InChI is InChI=1S/C31H28N4O4/c36-26-15-18-34-29(30(26)39-20-22-9-3-1-4-10-22)31(38)33-17-16-27(37)32-19-24-13-7-8-14-25(24)28(35(34)21-33)23-11-5-2-6-12-23/h1-15,18,28H,16-17,19-21H2,(H,32,37). The van der Waals surface area contributed by atoms with Crippen molar-refractivity contribution < 1.29 is 14.3 Å². The van der Waals surface area contributed by atoms with Gasteiger partial charge in [-0.15, -0.1) is 0 Å². The number of aromatic nitrogens is 1. The molecule has 1 N–H and O–H groups in total. The fraction of sp³-hybridized carbons (Fsp3) is 0.194. The minimum Gasteiger partial charge on any atom is -0.482 e. The molecule has 39 heavy (non-hydrogen) atoms. The van der Waals surface area contributed by atoms with E-state index >= 15 is 0 Å². The van der Waals surface area contributed by atoms with Gasteiger partial charge in [-0.2, -0.15) is 0 Å². The molecule has 0 aliphatic carbocycles. The summed E-state index contributed by atoms with van der Waals surface area (Å²) in [6.07, 6.45) is 1.79. The maximum atomic E-state index is 13.9. The number of benzene rings is 3. The summed E-state index contributed by atoms with van der Waals surface area (Å²) >= 11 is 0. The van der Waals surface area contributed by atoms with Gasteiger partial charge in [-0.25, -0.2) is 0 Å². The second-order valence-electron chi connectivity index (χ2n) is 9.66. The molecule has 0 fully saturated rings. The quantitative estimate of drug-likeness (QED) is 0.445. The third-order valence-corrected chi connectivity index (χ3v) is 7.19. The number of amides is 2. The molecule has 6 rings (SSSR count). The summed E-state index contributed by atoms with van der Waals surface area (Å²) in [5, 5.41) is 5.07. The third kappa shape index (κ3) is 4.77. The molecular formula is C31H28N4O4. The Hall–Kier alpha value is -4.85. The van der Waals surface area contributed by atoms with Crippen molar-refractivity contribution >= 4 is 11.8 Å². The highest BCUT2D eigenvalue weighted by molar-refractivity contribution is 5.96. The first-order valence-electron chi connectivity index (χ1n) is 13.0. The summed E-state index contributed by atoms with van der Waals surface area (Å²) in [5.74, 6) is -0.487. The highest BCUT2D eigenvalue weighted by Crippen LogP contribution is 2.34. The van der Waals surface area contributed by atoms with Crippen molar-refractivity contribution in [2.24, 2.45) is 0 Å². The number of pyridine rings is 1. The Morgan fingerprint density at radius 1 is 0.846 bits per heavy atom. The molecule has 2 amide bonds. The smallest absolute Gasteiger partial charge is 0.277 e. The lowest BCUT2D eigenvalue weighted by molar-refractivity contribution is -0.121. The van der Waals surface area contributed by atoms with E-state index in [4.69, 9.17) is 4.74 Å². The molecule has 3 aromatic carbocycles. The lowest BCUT2D eigenvalue weighted by Crippen LogP contribution is -2.56. The second kappa shape index (κ2) is 10.5. The van der Waals surface area contributed by atoms with Gasteiger partial charge in [-0.05, 0) is 22.3 Å². The summed E-state index contributed by atoms with van der Waals surface area (Å²) < 4.78 is 7.81. The van der Waals surface area contributed by atoms with Crippen LogP contribution in [0, 0.1) is 0 Å². The molecule has 4 aromatic rings. The number of hydrogen-bond acceptors (Lipinski definition) is 5. The number of ether oxygens (including phenoxy) is 1. The molecular weight excluding hydrogens is 492 g/mol. The molecule has 8 nitrogen and oxygen atoms in total. The Morgan fingerprint density at radius 2 is 1.56 bits per heavy atom. The number of nitrogens with one attached hydrogen (secondary N) is 1. The zero-order valence-electron chi connectivity index (χ0n) is 21.3. The number of nitrogens with zero attached hydrogens (tertiary/aromatic N) is 3. The first kappa shape index (κ1) is 24.5. The van der Waals surface area contributed by atoms with E-state index in [0.29, 0.717) is 6.54 Å². The van der Waals surface area contributed by atoms with Crippen LogP contribution in [0.2, 0.25) is 0 Å². The van der Waals surface area contributed by atoms with Gasteiger partial charge < -0.3 is 15.0 Å². The van der Waals surface area contributed by atoms with Crippen LogP contribution in [0.4, 0.5) is 0 Å². The average Bonchev–Trinajstić information content (AvgIpc) is 2.99. The second-order valence-corrected chi connectivity index (χ2v) is 9.66. The van der Waals surface area contributed by atoms with Crippen LogP contribution in [0.25, 0.3) is 0 Å². The molecule has 0 radical (unpaired) electrons. The minimum absolute atomic E-state index is 0.000438. The van der Waals surface area contributed by atoms with E-state index in [0.717, 1.165) is 22.3 Å². The molecule has 0 saturated carbocycles. The van der Waals surface area contributed by atoms with Crippen molar-refractivity contribution in [2.45, 2.75) is 25.6 Å². The summed E-state index contributed by atoms with van der Waals surface area (Å²) in [7, 11) is 0. The Morgan fingerprint density at radius 3 is 2.36 bits per heavy atom. The molecule has 2 aliphatic heterocycles. The normalized spacial score (nSPS) is 17.0. The topological polar surface area (TPSA) is 83.9 Å². The van der Waals surface area contributed by atoms with Crippen molar-refractivity contribution in [3.05, 3.63) is 135 Å². The van der Waals surface area contributed by atoms with Crippen LogP contribution in [0.5, 0.6) is 5.75 Å². The van der Waals surface area contributed by atoms with Crippen molar-refractivity contribution in [1.82, 2.24) is 14.9 Å². The summed E-state index contributed by atoms with van der Waals surface area (Å²) in [6.45, 7) is 0.963. The van der Waals surface area contributed by atoms with Gasteiger partial charge in [0, 0.05) is 31.8 Å². The van der Waals surface area contributed by atoms with Crippen LogP contribution >= 0.6 is 0 Å². The van der Waals surface area contributed by atoms with E-state index in [-0.39, 0.29) is 61.0 Å². The van der Waals surface area contributed by atoms with Crippen molar-refractivity contribution in [1.29, 1.82) is 0 Å².